The van der Waals surface area contributed by atoms with Crippen molar-refractivity contribution in [2.45, 2.75) is 20.4 Å². The van der Waals surface area contributed by atoms with Gasteiger partial charge in [0.1, 0.15) is 12.4 Å². The van der Waals surface area contributed by atoms with E-state index in [9.17, 15) is 14.0 Å². The van der Waals surface area contributed by atoms with Gasteiger partial charge in [-0.1, -0.05) is 0 Å². The zero-order valence-corrected chi connectivity index (χ0v) is 14.3. The van der Waals surface area contributed by atoms with E-state index in [1.807, 2.05) is 4.90 Å². The number of aryl methyl sites for hydroxylation is 2. The molecule has 0 aromatic carbocycles. The summed E-state index contributed by atoms with van der Waals surface area (Å²) in [5.74, 6) is -0.495. The van der Waals surface area contributed by atoms with Gasteiger partial charge in [-0.15, -0.1) is 0 Å². The minimum atomic E-state index is -0.407. The number of halogens is 1. The standard InChI is InChI=1S/C17H20FN5O2/c1-12-7-13(2)23(17(25)20-12)11-16(24)22-5-3-21(4-6-22)15-8-14(18)9-19-10-15/h7-10H,3-6,11H2,1-2H3. The fourth-order valence-electron chi connectivity index (χ4n) is 2.99. The van der Waals surface area contributed by atoms with E-state index in [4.69, 9.17) is 0 Å². The summed E-state index contributed by atoms with van der Waals surface area (Å²) in [7, 11) is 0. The SMILES string of the molecule is Cc1cc(C)n(CC(=O)N2CCN(c3cncc(F)c3)CC2)c(=O)n1. The summed E-state index contributed by atoms with van der Waals surface area (Å²) in [4.78, 5) is 35.9. The normalized spacial score (nSPS) is 14.7. The number of carbonyl (C=O) groups excluding carboxylic acids is 1. The highest BCUT2D eigenvalue weighted by molar-refractivity contribution is 5.76. The monoisotopic (exact) mass is 345 g/mol. The van der Waals surface area contributed by atoms with E-state index in [0.29, 0.717) is 37.6 Å². The van der Waals surface area contributed by atoms with E-state index >= 15 is 0 Å². The van der Waals surface area contributed by atoms with Crippen LogP contribution >= 0.6 is 0 Å². The van der Waals surface area contributed by atoms with Crippen molar-refractivity contribution < 1.29 is 9.18 Å². The Balaban J connectivity index is 1.63. The van der Waals surface area contributed by atoms with E-state index < -0.39 is 5.69 Å². The molecule has 0 unspecified atom stereocenters. The molecule has 0 aliphatic carbocycles. The number of pyridine rings is 1. The van der Waals surface area contributed by atoms with Gasteiger partial charge in [0.25, 0.3) is 0 Å². The van der Waals surface area contributed by atoms with Crippen LogP contribution in [0.2, 0.25) is 0 Å². The molecule has 2 aromatic heterocycles. The Morgan fingerprint density at radius 1 is 1.16 bits per heavy atom. The van der Waals surface area contributed by atoms with Crippen molar-refractivity contribution in [1.82, 2.24) is 19.4 Å². The third-order valence-electron chi connectivity index (χ3n) is 4.33. The van der Waals surface area contributed by atoms with Crippen LogP contribution in [0.25, 0.3) is 0 Å². The first-order valence-corrected chi connectivity index (χ1v) is 8.12. The average Bonchev–Trinajstić information content (AvgIpc) is 2.58. The van der Waals surface area contributed by atoms with Crippen molar-refractivity contribution in [3.63, 3.8) is 0 Å². The van der Waals surface area contributed by atoms with Crippen molar-refractivity contribution in [3.8, 4) is 0 Å². The van der Waals surface area contributed by atoms with Crippen LogP contribution in [0, 0.1) is 19.7 Å². The number of nitrogens with zero attached hydrogens (tertiary/aromatic N) is 5. The van der Waals surface area contributed by atoms with Gasteiger partial charge in [0.05, 0.1) is 18.1 Å². The van der Waals surface area contributed by atoms with E-state index in [1.54, 1.807) is 31.0 Å². The molecule has 25 heavy (non-hydrogen) atoms. The molecule has 1 amide bonds. The lowest BCUT2D eigenvalue weighted by Crippen LogP contribution is -2.50. The molecule has 0 spiro atoms. The average molecular weight is 345 g/mol. The highest BCUT2D eigenvalue weighted by atomic mass is 19.1. The Hall–Kier alpha value is -2.77. The predicted octanol–water partition coefficient (Wildman–Crippen LogP) is 0.743. The summed E-state index contributed by atoms with van der Waals surface area (Å²) in [5.41, 5.74) is 1.66. The number of carbonyl (C=O) groups is 1. The van der Waals surface area contributed by atoms with E-state index in [2.05, 4.69) is 9.97 Å². The van der Waals surface area contributed by atoms with E-state index in [-0.39, 0.29) is 18.3 Å². The number of aromatic nitrogens is 3. The molecule has 1 saturated heterocycles. The second-order valence-electron chi connectivity index (χ2n) is 6.14. The molecule has 7 nitrogen and oxygen atoms in total. The number of anilines is 1. The fourth-order valence-corrected chi connectivity index (χ4v) is 2.99. The molecule has 2 aromatic rings. The molecular formula is C17H20FN5O2. The fraction of sp³-hybridized carbons (Fsp3) is 0.412. The van der Waals surface area contributed by atoms with Gasteiger partial charge in [-0.2, -0.15) is 4.98 Å². The van der Waals surface area contributed by atoms with Gasteiger partial charge >= 0.3 is 5.69 Å². The van der Waals surface area contributed by atoms with Crippen molar-refractivity contribution >= 4 is 11.6 Å². The topological polar surface area (TPSA) is 71.3 Å². The molecule has 132 valence electrons. The maximum Gasteiger partial charge on any atom is 0.348 e. The minimum absolute atomic E-state index is 0.0144. The lowest BCUT2D eigenvalue weighted by molar-refractivity contribution is -0.132. The van der Waals surface area contributed by atoms with Crippen LogP contribution in [0.4, 0.5) is 10.1 Å². The molecule has 3 rings (SSSR count). The Kier molecular flexibility index (Phi) is 4.78. The lowest BCUT2D eigenvalue weighted by atomic mass is 10.2. The number of hydrogen-bond acceptors (Lipinski definition) is 5. The molecular weight excluding hydrogens is 325 g/mol. The maximum atomic E-state index is 13.3. The second-order valence-corrected chi connectivity index (χ2v) is 6.14. The summed E-state index contributed by atoms with van der Waals surface area (Å²) >= 11 is 0. The third-order valence-corrected chi connectivity index (χ3v) is 4.33. The molecule has 0 radical (unpaired) electrons. The smallest absolute Gasteiger partial charge is 0.348 e. The molecule has 3 heterocycles. The van der Waals surface area contributed by atoms with E-state index in [0.717, 1.165) is 5.69 Å². The Morgan fingerprint density at radius 3 is 2.52 bits per heavy atom. The van der Waals surface area contributed by atoms with Gasteiger partial charge in [0, 0.05) is 43.6 Å². The molecule has 0 atom stereocenters. The lowest BCUT2D eigenvalue weighted by Gasteiger charge is -2.36. The summed E-state index contributed by atoms with van der Waals surface area (Å²) in [6.45, 7) is 5.75. The minimum Gasteiger partial charge on any atom is -0.367 e. The number of amides is 1. The van der Waals surface area contributed by atoms with Gasteiger partial charge in [-0.25, -0.2) is 9.18 Å². The van der Waals surface area contributed by atoms with E-state index in [1.165, 1.54) is 16.8 Å². The summed E-state index contributed by atoms with van der Waals surface area (Å²) < 4.78 is 14.7. The van der Waals surface area contributed by atoms with Crippen LogP contribution in [-0.2, 0) is 11.3 Å². The van der Waals surface area contributed by atoms with Crippen molar-refractivity contribution in [1.29, 1.82) is 0 Å². The van der Waals surface area contributed by atoms with Crippen molar-refractivity contribution in [3.05, 3.63) is 52.2 Å². The number of piperazine rings is 1. The Bertz CT molecular complexity index is 843. The van der Waals surface area contributed by atoms with Crippen LogP contribution in [0.3, 0.4) is 0 Å². The molecule has 1 fully saturated rings. The predicted molar refractivity (Wildman–Crippen MR) is 91.0 cm³/mol. The van der Waals surface area contributed by atoms with Crippen LogP contribution in [0.1, 0.15) is 11.4 Å². The highest BCUT2D eigenvalue weighted by Crippen LogP contribution is 2.16. The van der Waals surface area contributed by atoms with Crippen LogP contribution in [0.5, 0.6) is 0 Å². The molecule has 1 aliphatic heterocycles. The highest BCUT2D eigenvalue weighted by Gasteiger charge is 2.22. The van der Waals surface area contributed by atoms with Crippen LogP contribution < -0.4 is 10.6 Å². The van der Waals surface area contributed by atoms with Crippen LogP contribution in [0.15, 0.2) is 29.3 Å². The molecule has 0 N–H and O–H groups in total. The first-order chi connectivity index (χ1) is 11.9. The Labute approximate surface area is 144 Å². The molecule has 8 heteroatoms. The number of hydrogen-bond donors (Lipinski definition) is 0. The zero-order chi connectivity index (χ0) is 18.0. The largest absolute Gasteiger partial charge is 0.367 e. The van der Waals surface area contributed by atoms with Crippen LogP contribution in [-0.4, -0.2) is 51.5 Å². The van der Waals surface area contributed by atoms with Gasteiger partial charge in [0.15, 0.2) is 0 Å². The molecule has 0 saturated carbocycles. The Morgan fingerprint density at radius 2 is 1.88 bits per heavy atom. The summed E-state index contributed by atoms with van der Waals surface area (Å²) in [6, 6.07) is 3.22. The molecule has 1 aliphatic rings. The first kappa shape index (κ1) is 17.1. The first-order valence-electron chi connectivity index (χ1n) is 8.12. The van der Waals surface area contributed by atoms with Crippen molar-refractivity contribution in [2.24, 2.45) is 0 Å². The van der Waals surface area contributed by atoms with Gasteiger partial charge < -0.3 is 9.80 Å². The van der Waals surface area contributed by atoms with Gasteiger partial charge in [0.2, 0.25) is 5.91 Å². The van der Waals surface area contributed by atoms with Crippen molar-refractivity contribution in [2.75, 3.05) is 31.1 Å². The zero-order valence-electron chi connectivity index (χ0n) is 14.3. The second kappa shape index (κ2) is 7.00. The van der Waals surface area contributed by atoms with Gasteiger partial charge in [-0.3, -0.25) is 14.3 Å². The number of rotatable bonds is 3. The maximum absolute atomic E-state index is 13.3. The third kappa shape index (κ3) is 3.84. The summed E-state index contributed by atoms with van der Waals surface area (Å²) in [6.07, 6.45) is 2.78. The molecule has 0 bridgehead atoms. The summed E-state index contributed by atoms with van der Waals surface area (Å²) in [5, 5.41) is 0. The van der Waals surface area contributed by atoms with Gasteiger partial charge in [-0.05, 0) is 19.9 Å². The quantitative estimate of drug-likeness (QED) is 0.821.